The molecule has 1 aromatic heterocycles. The molecule has 0 saturated carbocycles. The van der Waals surface area contributed by atoms with Gasteiger partial charge in [0.05, 0.1) is 0 Å². The van der Waals surface area contributed by atoms with Crippen LogP contribution in [-0.2, 0) is 6.42 Å². The summed E-state index contributed by atoms with van der Waals surface area (Å²) in [7, 11) is 0. The van der Waals surface area contributed by atoms with Crippen LogP contribution >= 0.6 is 24.0 Å². The summed E-state index contributed by atoms with van der Waals surface area (Å²) in [5.41, 5.74) is 2.10. The number of nitrogens with zero attached hydrogens (tertiary/aromatic N) is 3. The van der Waals surface area contributed by atoms with E-state index in [1.165, 1.54) is 19.0 Å². The van der Waals surface area contributed by atoms with Crippen LogP contribution in [0.3, 0.4) is 0 Å². The van der Waals surface area contributed by atoms with Gasteiger partial charge in [0, 0.05) is 49.8 Å². The fraction of sp³-hybridized carbons (Fsp3) is 0.591. The molecule has 0 amide bonds. The van der Waals surface area contributed by atoms with Gasteiger partial charge in [0.25, 0.3) is 0 Å². The van der Waals surface area contributed by atoms with Gasteiger partial charge in [0.1, 0.15) is 5.82 Å². The number of hydrogen-bond donors (Lipinski definition) is 2. The summed E-state index contributed by atoms with van der Waals surface area (Å²) in [5, 5.41) is 4.41. The lowest BCUT2D eigenvalue weighted by molar-refractivity contribution is 0.255. The van der Waals surface area contributed by atoms with Crippen LogP contribution in [0.25, 0.3) is 10.9 Å². The van der Waals surface area contributed by atoms with E-state index < -0.39 is 0 Å². The van der Waals surface area contributed by atoms with Crippen molar-refractivity contribution >= 4 is 40.8 Å². The highest BCUT2D eigenvalue weighted by molar-refractivity contribution is 14.0. The van der Waals surface area contributed by atoms with E-state index in [1.54, 1.807) is 12.1 Å². The van der Waals surface area contributed by atoms with Gasteiger partial charge in [-0.25, -0.2) is 4.39 Å². The molecule has 0 aliphatic carbocycles. The Hall–Kier alpha value is -1.35. The Kier molecular flexibility index (Phi) is 9.68. The first kappa shape index (κ1) is 23.9. The third-order valence-corrected chi connectivity index (χ3v) is 5.70. The van der Waals surface area contributed by atoms with Crippen LogP contribution in [0.5, 0.6) is 0 Å². The number of hydrogen-bond acceptors (Lipinski definition) is 2. The molecule has 2 N–H and O–H groups in total. The highest BCUT2D eigenvalue weighted by Crippen LogP contribution is 2.20. The van der Waals surface area contributed by atoms with E-state index in [-0.39, 0.29) is 29.8 Å². The molecule has 1 fully saturated rings. The van der Waals surface area contributed by atoms with Crippen molar-refractivity contribution in [2.45, 2.75) is 33.6 Å². The molecule has 1 aliphatic rings. The fourth-order valence-electron chi connectivity index (χ4n) is 4.09. The van der Waals surface area contributed by atoms with Crippen molar-refractivity contribution in [3.8, 4) is 0 Å². The quantitative estimate of drug-likeness (QED) is 0.316. The van der Waals surface area contributed by atoms with Gasteiger partial charge < -0.3 is 20.1 Å². The van der Waals surface area contributed by atoms with Crippen molar-refractivity contribution in [1.82, 2.24) is 20.1 Å². The van der Waals surface area contributed by atoms with E-state index in [0.717, 1.165) is 61.6 Å². The lowest BCUT2D eigenvalue weighted by Gasteiger charge is -2.24. The average Bonchev–Trinajstić information content (AvgIpc) is 3.32. The molecule has 1 aliphatic heterocycles. The van der Waals surface area contributed by atoms with E-state index in [9.17, 15) is 4.39 Å². The van der Waals surface area contributed by atoms with E-state index >= 15 is 0 Å². The number of nitrogens with one attached hydrogen (secondary N) is 2. The summed E-state index contributed by atoms with van der Waals surface area (Å²) < 4.78 is 13.6. The zero-order valence-corrected chi connectivity index (χ0v) is 20.2. The number of benzene rings is 1. The maximum atomic E-state index is 13.6. The van der Waals surface area contributed by atoms with Crippen molar-refractivity contribution < 1.29 is 4.39 Å². The zero-order chi connectivity index (χ0) is 19.9. The van der Waals surface area contributed by atoms with Crippen LogP contribution in [0.1, 0.15) is 32.8 Å². The van der Waals surface area contributed by atoms with E-state index in [0.29, 0.717) is 12.5 Å². The van der Waals surface area contributed by atoms with Crippen LogP contribution in [0.15, 0.2) is 29.4 Å². The van der Waals surface area contributed by atoms with Crippen LogP contribution in [0.2, 0.25) is 0 Å². The van der Waals surface area contributed by atoms with Gasteiger partial charge in [-0.3, -0.25) is 4.99 Å². The Morgan fingerprint density at radius 1 is 1.31 bits per heavy atom. The molecule has 162 valence electrons. The van der Waals surface area contributed by atoms with Gasteiger partial charge in [0.15, 0.2) is 5.96 Å². The Labute approximate surface area is 191 Å². The lowest BCUT2D eigenvalue weighted by atomic mass is 10.1. The van der Waals surface area contributed by atoms with Crippen LogP contribution < -0.4 is 5.32 Å². The minimum absolute atomic E-state index is 0. The third kappa shape index (κ3) is 6.31. The Morgan fingerprint density at radius 2 is 2.10 bits per heavy atom. The molecule has 0 radical (unpaired) electrons. The van der Waals surface area contributed by atoms with Gasteiger partial charge in [0.2, 0.25) is 0 Å². The third-order valence-electron chi connectivity index (χ3n) is 5.70. The largest absolute Gasteiger partial charge is 0.361 e. The second kappa shape index (κ2) is 11.7. The molecular formula is C22H35FIN5. The summed E-state index contributed by atoms with van der Waals surface area (Å²) in [6.45, 7) is 13.7. The first-order valence-electron chi connectivity index (χ1n) is 10.7. The topological polar surface area (TPSA) is 46.7 Å². The predicted molar refractivity (Wildman–Crippen MR) is 131 cm³/mol. The molecule has 2 heterocycles. The molecule has 0 bridgehead atoms. The summed E-state index contributed by atoms with van der Waals surface area (Å²) in [5.74, 6) is 1.53. The molecule has 1 unspecified atom stereocenters. The fourth-order valence-corrected chi connectivity index (χ4v) is 4.09. The number of halogens is 2. The first-order valence-corrected chi connectivity index (χ1v) is 10.7. The average molecular weight is 515 g/mol. The number of aromatic amines is 1. The van der Waals surface area contributed by atoms with Crippen molar-refractivity contribution in [2.75, 3.05) is 45.8 Å². The molecule has 1 aromatic carbocycles. The van der Waals surface area contributed by atoms with Crippen LogP contribution in [0.4, 0.5) is 4.39 Å². The monoisotopic (exact) mass is 515 g/mol. The number of aliphatic imine (C=N–C) groups is 1. The predicted octanol–water partition coefficient (Wildman–Crippen LogP) is 4.10. The van der Waals surface area contributed by atoms with Crippen molar-refractivity contribution in [3.05, 3.63) is 35.8 Å². The van der Waals surface area contributed by atoms with Crippen molar-refractivity contribution in [2.24, 2.45) is 10.9 Å². The second-order valence-corrected chi connectivity index (χ2v) is 7.58. The first-order chi connectivity index (χ1) is 13.6. The summed E-state index contributed by atoms with van der Waals surface area (Å²) in [6, 6.07) is 4.89. The van der Waals surface area contributed by atoms with E-state index in [1.807, 2.05) is 6.20 Å². The van der Waals surface area contributed by atoms with Crippen LogP contribution in [-0.4, -0.2) is 66.6 Å². The summed E-state index contributed by atoms with van der Waals surface area (Å²) >= 11 is 0. The highest BCUT2D eigenvalue weighted by atomic mass is 127. The SMILES string of the molecule is CCNC(=NCCc1c[nH]c2ccc(F)cc12)N1CCC(CN(CC)CC)C1.I. The number of fused-ring (bicyclic) bond motifs is 1. The van der Waals surface area contributed by atoms with Gasteiger partial charge >= 0.3 is 0 Å². The number of aromatic nitrogens is 1. The van der Waals surface area contributed by atoms with Crippen molar-refractivity contribution in [1.29, 1.82) is 0 Å². The zero-order valence-electron chi connectivity index (χ0n) is 17.9. The molecular weight excluding hydrogens is 480 g/mol. The van der Waals surface area contributed by atoms with Crippen molar-refractivity contribution in [3.63, 3.8) is 0 Å². The van der Waals surface area contributed by atoms with Gasteiger partial charge in [-0.2, -0.15) is 0 Å². The number of H-pyrrole nitrogens is 1. The van der Waals surface area contributed by atoms with Gasteiger partial charge in [-0.1, -0.05) is 13.8 Å². The van der Waals surface area contributed by atoms with Gasteiger partial charge in [-0.15, -0.1) is 24.0 Å². The molecule has 1 atom stereocenters. The number of likely N-dealkylation sites (tertiary alicyclic amines) is 1. The van der Waals surface area contributed by atoms with Crippen LogP contribution in [0, 0.1) is 11.7 Å². The lowest BCUT2D eigenvalue weighted by Crippen LogP contribution is -2.41. The summed E-state index contributed by atoms with van der Waals surface area (Å²) in [4.78, 5) is 13.0. The Morgan fingerprint density at radius 3 is 2.83 bits per heavy atom. The maximum absolute atomic E-state index is 13.6. The smallest absolute Gasteiger partial charge is 0.193 e. The molecule has 5 nitrogen and oxygen atoms in total. The molecule has 1 saturated heterocycles. The molecule has 29 heavy (non-hydrogen) atoms. The number of guanidine groups is 1. The normalized spacial score (nSPS) is 17.2. The minimum atomic E-state index is -0.193. The summed E-state index contributed by atoms with van der Waals surface area (Å²) in [6.07, 6.45) is 4.00. The highest BCUT2D eigenvalue weighted by Gasteiger charge is 2.25. The minimum Gasteiger partial charge on any atom is -0.361 e. The Bertz CT molecular complexity index is 787. The van der Waals surface area contributed by atoms with E-state index in [2.05, 4.69) is 40.9 Å². The number of rotatable bonds is 8. The second-order valence-electron chi connectivity index (χ2n) is 7.58. The Balaban J connectivity index is 0.00000300. The van der Waals surface area contributed by atoms with E-state index in [4.69, 9.17) is 4.99 Å². The van der Waals surface area contributed by atoms with Gasteiger partial charge in [-0.05, 0) is 62.5 Å². The molecule has 3 rings (SSSR count). The maximum Gasteiger partial charge on any atom is 0.193 e. The standard InChI is InChI=1S/C22H34FN5.HI/c1-4-24-22(28-12-10-17(16-28)15-27(5-2)6-3)25-11-9-18-14-26-21-8-7-19(23)13-20(18)21;/h7-8,13-14,17,26H,4-6,9-12,15-16H2,1-3H3,(H,24,25);1H. The molecule has 7 heteroatoms. The molecule has 0 spiro atoms. The molecule has 2 aromatic rings.